The number of unbranched alkanes of at least 4 members (excludes halogenated alkanes) is 2. The van der Waals surface area contributed by atoms with E-state index >= 15 is 0 Å². The van der Waals surface area contributed by atoms with E-state index in [-0.39, 0.29) is 43.7 Å². The number of carbonyl (C=O) groups excluding carboxylic acids is 6. The zero-order chi connectivity index (χ0) is 35.9. The third-order valence-corrected chi connectivity index (χ3v) is 8.81. The number of anilines is 1. The first kappa shape index (κ1) is 39.0. The Hall–Kier alpha value is -4.40. The molecule has 0 radical (unpaired) electrons. The van der Waals surface area contributed by atoms with E-state index < -0.39 is 36.0 Å². The number of rotatable bonds is 21. The Labute approximate surface area is 288 Å². The Kier molecular flexibility index (Phi) is 15.6. The van der Waals surface area contributed by atoms with Gasteiger partial charge in [-0.3, -0.25) is 19.2 Å². The molecule has 15 heteroatoms. The van der Waals surface area contributed by atoms with Gasteiger partial charge in [0.2, 0.25) is 23.6 Å². The molecule has 1 heterocycles. The smallest absolute Gasteiger partial charge is 0.409 e. The predicted molar refractivity (Wildman–Crippen MR) is 184 cm³/mol. The van der Waals surface area contributed by atoms with Gasteiger partial charge in [-0.2, -0.15) is 0 Å². The lowest BCUT2D eigenvalue weighted by Crippen LogP contribution is -2.54. The van der Waals surface area contributed by atoms with Crippen molar-refractivity contribution in [1.82, 2.24) is 31.1 Å². The molecule has 272 valence electrons. The maximum Gasteiger partial charge on any atom is 0.409 e. The van der Waals surface area contributed by atoms with Crippen LogP contribution in [0.1, 0.15) is 70.8 Å². The van der Waals surface area contributed by atoms with Crippen LogP contribution in [0.25, 0.3) is 0 Å². The molecule has 1 saturated heterocycles. The van der Waals surface area contributed by atoms with Crippen LogP contribution in [0.15, 0.2) is 24.3 Å². The molecule has 15 nitrogen and oxygen atoms in total. The first-order valence-electron chi connectivity index (χ1n) is 17.2. The van der Waals surface area contributed by atoms with E-state index in [9.17, 15) is 28.8 Å². The number of likely N-dealkylation sites (N-methyl/N-ethyl adjacent to an activating group) is 2. The van der Waals surface area contributed by atoms with Gasteiger partial charge in [-0.25, -0.2) is 9.59 Å². The van der Waals surface area contributed by atoms with Gasteiger partial charge in [0.15, 0.2) is 0 Å². The fourth-order valence-corrected chi connectivity index (χ4v) is 5.76. The van der Waals surface area contributed by atoms with Gasteiger partial charge in [0, 0.05) is 57.8 Å². The second-order valence-electron chi connectivity index (χ2n) is 13.2. The number of nitrogens with zero attached hydrogens (tertiary/aromatic N) is 2. The molecule has 4 atom stereocenters. The molecule has 0 spiro atoms. The minimum Gasteiger partial charge on any atom is -0.445 e. The van der Waals surface area contributed by atoms with Gasteiger partial charge in [-0.15, -0.1) is 0 Å². The summed E-state index contributed by atoms with van der Waals surface area (Å²) in [7, 11) is 3.45. The van der Waals surface area contributed by atoms with Crippen molar-refractivity contribution < 1.29 is 33.5 Å². The maximum atomic E-state index is 13.4. The number of hydrogen-bond donors (Lipinski definition) is 6. The van der Waals surface area contributed by atoms with Gasteiger partial charge in [0.05, 0.1) is 0 Å². The average Bonchev–Trinajstić information content (AvgIpc) is 3.75. The predicted octanol–water partition coefficient (Wildman–Crippen LogP) is 1.67. The third kappa shape index (κ3) is 13.2. The number of urea groups is 1. The molecular weight excluding hydrogens is 632 g/mol. The Balaban J connectivity index is 1.50. The van der Waals surface area contributed by atoms with Crippen LogP contribution in [0.2, 0.25) is 0 Å². The second-order valence-corrected chi connectivity index (χ2v) is 13.2. The van der Waals surface area contributed by atoms with E-state index in [0.29, 0.717) is 50.0 Å². The number of ether oxygens (including phenoxy) is 1. The van der Waals surface area contributed by atoms with E-state index in [1.54, 1.807) is 38.4 Å². The Morgan fingerprint density at radius 3 is 2.37 bits per heavy atom. The lowest BCUT2D eigenvalue weighted by atomic mass is 10.0. The monoisotopic (exact) mass is 686 g/mol. The molecule has 0 bridgehead atoms. The van der Waals surface area contributed by atoms with Crippen LogP contribution >= 0.6 is 0 Å². The van der Waals surface area contributed by atoms with Gasteiger partial charge < -0.3 is 46.9 Å². The van der Waals surface area contributed by atoms with Gasteiger partial charge >= 0.3 is 12.1 Å². The third-order valence-electron chi connectivity index (χ3n) is 8.81. The summed E-state index contributed by atoms with van der Waals surface area (Å²) in [5.74, 6) is -0.683. The first-order chi connectivity index (χ1) is 23.4. The lowest BCUT2D eigenvalue weighted by molar-refractivity contribution is -0.132. The highest BCUT2D eigenvalue weighted by molar-refractivity contribution is 5.98. The van der Waals surface area contributed by atoms with Gasteiger partial charge in [-0.05, 0) is 68.7 Å². The van der Waals surface area contributed by atoms with Crippen molar-refractivity contribution in [2.24, 2.45) is 17.6 Å². The highest BCUT2D eigenvalue weighted by atomic mass is 16.6. The summed E-state index contributed by atoms with van der Waals surface area (Å²) in [5, 5.41) is 13.9. The minimum absolute atomic E-state index is 0.0607. The van der Waals surface area contributed by atoms with E-state index in [1.807, 2.05) is 18.7 Å². The van der Waals surface area contributed by atoms with Crippen molar-refractivity contribution in [3.63, 3.8) is 0 Å². The Bertz CT molecular complexity index is 1290. The van der Waals surface area contributed by atoms with Crippen LogP contribution in [0.3, 0.4) is 0 Å². The molecule has 49 heavy (non-hydrogen) atoms. The van der Waals surface area contributed by atoms with Crippen molar-refractivity contribution in [3.8, 4) is 0 Å². The zero-order valence-corrected chi connectivity index (χ0v) is 29.2. The number of benzene rings is 1. The largest absolute Gasteiger partial charge is 0.445 e. The molecule has 1 saturated carbocycles. The number of nitrogens with one attached hydrogen (secondary N) is 5. The standard InChI is InChI=1S/C34H54N8O7/c1-22(2)30(40-28(43)10-6-5-7-17-42-27-19-24(27)20-29(42)44)32(46)39-26(9-8-15-37-33(35)47)31(45)38-25-13-11-23(12-14-25)21-49-34(48)41(4)18-16-36-3/h11-14,22,24,26-27,30,36H,5-10,15-21H2,1-4H3,(H,38,45)(H,39,46)(H,40,43)(H3,35,37,47)/t24?,26-,27?,30-/m0/s1. The minimum atomic E-state index is -0.964. The van der Waals surface area contributed by atoms with Crippen molar-refractivity contribution in [3.05, 3.63) is 29.8 Å². The van der Waals surface area contributed by atoms with E-state index in [2.05, 4.69) is 26.6 Å². The second kappa shape index (κ2) is 19.6. The number of piperidine rings is 1. The van der Waals surface area contributed by atoms with Crippen LogP contribution in [0, 0.1) is 11.8 Å². The maximum absolute atomic E-state index is 13.4. The van der Waals surface area contributed by atoms with Crippen LogP contribution in [-0.4, -0.2) is 104 Å². The molecule has 2 unspecified atom stereocenters. The molecular formula is C34H54N8O7. The fraction of sp³-hybridized carbons (Fsp3) is 0.647. The summed E-state index contributed by atoms with van der Waals surface area (Å²) >= 11 is 0. The normalized spacial score (nSPS) is 17.5. The van der Waals surface area contributed by atoms with Gasteiger partial charge in [0.25, 0.3) is 0 Å². The summed E-state index contributed by atoms with van der Waals surface area (Å²) in [4.78, 5) is 78.3. The van der Waals surface area contributed by atoms with Crippen LogP contribution in [-0.2, 0) is 30.5 Å². The van der Waals surface area contributed by atoms with Crippen molar-refractivity contribution in [1.29, 1.82) is 0 Å². The van der Waals surface area contributed by atoms with E-state index in [1.165, 1.54) is 4.90 Å². The van der Waals surface area contributed by atoms with Crippen molar-refractivity contribution in [2.75, 3.05) is 45.6 Å². The number of carbonyl (C=O) groups is 6. The number of primary amides is 1. The van der Waals surface area contributed by atoms with E-state index in [4.69, 9.17) is 10.5 Å². The number of hydrogen-bond acceptors (Lipinski definition) is 8. The van der Waals surface area contributed by atoms with Gasteiger partial charge in [0.1, 0.15) is 18.7 Å². The lowest BCUT2D eigenvalue weighted by Gasteiger charge is -2.25. The average molecular weight is 687 g/mol. The summed E-state index contributed by atoms with van der Waals surface area (Å²) < 4.78 is 5.33. The zero-order valence-electron chi connectivity index (χ0n) is 29.2. The van der Waals surface area contributed by atoms with Crippen molar-refractivity contribution in [2.45, 2.75) is 89.9 Å². The van der Waals surface area contributed by atoms with E-state index in [0.717, 1.165) is 31.4 Å². The first-order valence-corrected chi connectivity index (χ1v) is 17.2. The highest BCUT2D eigenvalue weighted by Gasteiger charge is 2.50. The molecule has 3 rings (SSSR count). The molecule has 1 aliphatic carbocycles. The number of amides is 7. The number of nitrogens with two attached hydrogens (primary N) is 1. The summed E-state index contributed by atoms with van der Waals surface area (Å²) in [6.45, 7) is 5.77. The molecule has 7 amide bonds. The fourth-order valence-electron chi connectivity index (χ4n) is 5.76. The summed E-state index contributed by atoms with van der Waals surface area (Å²) in [6, 6.07) is 4.69. The highest BCUT2D eigenvalue weighted by Crippen LogP contribution is 2.45. The molecule has 0 aromatic heterocycles. The Morgan fingerprint density at radius 2 is 1.73 bits per heavy atom. The SMILES string of the molecule is CNCCN(C)C(=O)OCc1ccc(NC(=O)[C@H](CCCNC(N)=O)NC(=O)[C@@H](NC(=O)CCCCCN2C(=O)CC3CC32)C(C)C)cc1. The van der Waals surface area contributed by atoms with Crippen LogP contribution in [0.5, 0.6) is 0 Å². The number of fused-ring (bicyclic) bond motifs is 1. The number of likely N-dealkylation sites (tertiary alicyclic amines) is 1. The summed E-state index contributed by atoms with van der Waals surface area (Å²) in [5.41, 5.74) is 6.36. The molecule has 1 aliphatic heterocycles. The molecule has 2 fully saturated rings. The van der Waals surface area contributed by atoms with Crippen molar-refractivity contribution >= 4 is 41.4 Å². The molecule has 1 aromatic rings. The van der Waals surface area contributed by atoms with Crippen LogP contribution in [0.4, 0.5) is 15.3 Å². The molecule has 7 N–H and O–H groups in total. The summed E-state index contributed by atoms with van der Waals surface area (Å²) in [6.07, 6.45) is 4.42. The molecule has 2 aliphatic rings. The van der Waals surface area contributed by atoms with Crippen LogP contribution < -0.4 is 32.3 Å². The molecule has 1 aromatic carbocycles. The topological polar surface area (TPSA) is 204 Å². The Morgan fingerprint density at radius 1 is 1.00 bits per heavy atom. The van der Waals surface area contributed by atoms with Gasteiger partial charge in [-0.1, -0.05) is 32.4 Å². The quantitative estimate of drug-likeness (QED) is 0.105.